The molecule has 1 N–H and O–H groups in total. The third-order valence-corrected chi connectivity index (χ3v) is 3.17. The number of aliphatic carboxylic acids is 1. The largest absolute Gasteiger partial charge is 0.481 e. The van der Waals surface area contributed by atoms with Crippen molar-refractivity contribution in [3.05, 3.63) is 23.3 Å². The van der Waals surface area contributed by atoms with Gasteiger partial charge in [0.1, 0.15) is 11.5 Å². The highest BCUT2D eigenvalue weighted by Crippen LogP contribution is 2.23. The van der Waals surface area contributed by atoms with Gasteiger partial charge in [-0.05, 0) is 18.4 Å². The Morgan fingerprint density at radius 1 is 1.37 bits per heavy atom. The Morgan fingerprint density at radius 2 is 2.11 bits per heavy atom. The van der Waals surface area contributed by atoms with Gasteiger partial charge in [-0.2, -0.15) is 0 Å². The molecule has 0 bridgehead atoms. The van der Waals surface area contributed by atoms with Crippen molar-refractivity contribution in [2.45, 2.75) is 39.5 Å². The van der Waals surface area contributed by atoms with Crippen LogP contribution in [0.1, 0.15) is 37.4 Å². The minimum Gasteiger partial charge on any atom is -0.481 e. The summed E-state index contributed by atoms with van der Waals surface area (Å²) in [6.45, 7) is 4.13. The number of nitrogens with zero attached hydrogens (tertiary/aromatic N) is 3. The van der Waals surface area contributed by atoms with Crippen molar-refractivity contribution >= 4 is 17.0 Å². The highest BCUT2D eigenvalue weighted by Gasteiger charge is 2.16. The van der Waals surface area contributed by atoms with Crippen LogP contribution in [0, 0.1) is 0 Å². The molecule has 2 aromatic rings. The van der Waals surface area contributed by atoms with Gasteiger partial charge in [0, 0.05) is 25.1 Å². The van der Waals surface area contributed by atoms with Crippen LogP contribution in [0.2, 0.25) is 0 Å². The highest BCUT2D eigenvalue weighted by atomic mass is 16.4. The third-order valence-electron chi connectivity index (χ3n) is 3.17. The number of carbonyl (C=O) groups is 1. The van der Waals surface area contributed by atoms with Crippen molar-refractivity contribution in [2.75, 3.05) is 0 Å². The number of aryl methyl sites for hydroxylation is 3. The van der Waals surface area contributed by atoms with Crippen LogP contribution in [0.3, 0.4) is 0 Å². The minimum absolute atomic E-state index is 0.0147. The van der Waals surface area contributed by atoms with E-state index in [9.17, 15) is 4.79 Å². The number of aromatic nitrogens is 3. The van der Waals surface area contributed by atoms with Crippen LogP contribution in [0.4, 0.5) is 0 Å². The van der Waals surface area contributed by atoms with Gasteiger partial charge in [-0.3, -0.25) is 4.79 Å². The van der Waals surface area contributed by atoms with Gasteiger partial charge in [0.25, 0.3) is 0 Å². The lowest BCUT2D eigenvalue weighted by atomic mass is 10.1. The SMILES string of the molecule is CCCc1nc(CC)c2c(CC(=O)O)cn(C)c2n1. The molecule has 2 aromatic heterocycles. The van der Waals surface area contributed by atoms with Gasteiger partial charge >= 0.3 is 5.97 Å². The molecule has 0 amide bonds. The van der Waals surface area contributed by atoms with E-state index in [0.717, 1.165) is 47.4 Å². The van der Waals surface area contributed by atoms with Crippen LogP contribution in [-0.2, 0) is 31.1 Å². The molecule has 0 unspecified atom stereocenters. The predicted molar refractivity (Wildman–Crippen MR) is 73.2 cm³/mol. The van der Waals surface area contributed by atoms with Crippen LogP contribution in [0.15, 0.2) is 6.20 Å². The minimum atomic E-state index is -0.827. The molecular weight excluding hydrogens is 242 g/mol. The van der Waals surface area contributed by atoms with E-state index < -0.39 is 5.97 Å². The average molecular weight is 261 g/mol. The molecule has 102 valence electrons. The molecule has 0 aromatic carbocycles. The van der Waals surface area contributed by atoms with Crippen molar-refractivity contribution < 1.29 is 9.90 Å². The molecule has 0 aliphatic carbocycles. The number of hydrogen-bond donors (Lipinski definition) is 1. The monoisotopic (exact) mass is 261 g/mol. The summed E-state index contributed by atoms with van der Waals surface area (Å²) in [5.41, 5.74) is 2.58. The van der Waals surface area contributed by atoms with Crippen LogP contribution in [-0.4, -0.2) is 25.6 Å². The zero-order valence-electron chi connectivity index (χ0n) is 11.6. The van der Waals surface area contributed by atoms with E-state index >= 15 is 0 Å². The number of rotatable bonds is 5. The zero-order chi connectivity index (χ0) is 14.0. The Hall–Kier alpha value is -1.91. The van der Waals surface area contributed by atoms with E-state index in [1.807, 2.05) is 24.7 Å². The molecule has 0 saturated heterocycles. The fourth-order valence-corrected chi connectivity index (χ4v) is 2.38. The number of fused-ring (bicyclic) bond motifs is 1. The maximum absolute atomic E-state index is 10.9. The van der Waals surface area contributed by atoms with E-state index in [2.05, 4.69) is 16.9 Å². The van der Waals surface area contributed by atoms with Crippen LogP contribution in [0.25, 0.3) is 11.0 Å². The lowest BCUT2D eigenvalue weighted by Crippen LogP contribution is -2.03. The molecule has 0 radical (unpaired) electrons. The standard InChI is InChI=1S/C14H19N3O2/c1-4-6-11-15-10(5-2)13-9(7-12(18)19)8-17(3)14(13)16-11/h8H,4-7H2,1-3H3,(H,18,19). The second kappa shape index (κ2) is 5.38. The molecule has 0 aliphatic rings. The molecule has 0 fully saturated rings. The second-order valence-corrected chi connectivity index (χ2v) is 4.72. The molecule has 0 aliphatic heterocycles. The summed E-state index contributed by atoms with van der Waals surface area (Å²) in [5, 5.41) is 9.90. The lowest BCUT2D eigenvalue weighted by molar-refractivity contribution is -0.136. The number of hydrogen-bond acceptors (Lipinski definition) is 3. The molecule has 2 rings (SSSR count). The Kier molecular flexibility index (Phi) is 3.83. The molecule has 0 saturated carbocycles. The highest BCUT2D eigenvalue weighted by molar-refractivity contribution is 5.87. The van der Waals surface area contributed by atoms with E-state index in [1.54, 1.807) is 0 Å². The van der Waals surface area contributed by atoms with Gasteiger partial charge in [-0.25, -0.2) is 9.97 Å². The quantitative estimate of drug-likeness (QED) is 0.895. The molecule has 0 spiro atoms. The van der Waals surface area contributed by atoms with Gasteiger partial charge in [-0.1, -0.05) is 13.8 Å². The number of carboxylic acids is 1. The zero-order valence-corrected chi connectivity index (χ0v) is 11.6. The summed E-state index contributed by atoms with van der Waals surface area (Å²) < 4.78 is 1.90. The molecule has 2 heterocycles. The Morgan fingerprint density at radius 3 is 2.68 bits per heavy atom. The number of carboxylic acid groups (broad SMARTS) is 1. The maximum Gasteiger partial charge on any atom is 0.307 e. The fourth-order valence-electron chi connectivity index (χ4n) is 2.38. The second-order valence-electron chi connectivity index (χ2n) is 4.72. The van der Waals surface area contributed by atoms with Crippen LogP contribution in [0.5, 0.6) is 0 Å². The first kappa shape index (κ1) is 13.5. The van der Waals surface area contributed by atoms with E-state index in [1.165, 1.54) is 0 Å². The first-order valence-electron chi connectivity index (χ1n) is 6.62. The van der Waals surface area contributed by atoms with E-state index in [-0.39, 0.29) is 6.42 Å². The van der Waals surface area contributed by atoms with Gasteiger partial charge < -0.3 is 9.67 Å². The molecule has 5 heteroatoms. The first-order chi connectivity index (χ1) is 9.06. The Labute approximate surface area is 112 Å². The van der Waals surface area contributed by atoms with Gasteiger partial charge in [0.15, 0.2) is 0 Å². The van der Waals surface area contributed by atoms with Gasteiger partial charge in [-0.15, -0.1) is 0 Å². The Balaban J connectivity index is 2.65. The van der Waals surface area contributed by atoms with Gasteiger partial charge in [0.2, 0.25) is 0 Å². The van der Waals surface area contributed by atoms with E-state index in [0.29, 0.717) is 0 Å². The fraction of sp³-hybridized carbons (Fsp3) is 0.500. The maximum atomic E-state index is 10.9. The summed E-state index contributed by atoms with van der Waals surface area (Å²) in [5.74, 6) is 0.0158. The van der Waals surface area contributed by atoms with Crippen molar-refractivity contribution in [1.82, 2.24) is 14.5 Å². The molecular formula is C14H19N3O2. The topological polar surface area (TPSA) is 68.0 Å². The molecule has 0 atom stereocenters. The van der Waals surface area contributed by atoms with Crippen LogP contribution >= 0.6 is 0 Å². The smallest absolute Gasteiger partial charge is 0.307 e. The summed E-state index contributed by atoms with van der Waals surface area (Å²) in [6, 6.07) is 0. The molecule has 5 nitrogen and oxygen atoms in total. The van der Waals surface area contributed by atoms with Gasteiger partial charge in [0.05, 0.1) is 12.1 Å². The van der Waals surface area contributed by atoms with E-state index in [4.69, 9.17) is 5.11 Å². The van der Waals surface area contributed by atoms with Crippen molar-refractivity contribution in [3.8, 4) is 0 Å². The Bertz CT molecular complexity index is 617. The first-order valence-corrected chi connectivity index (χ1v) is 6.62. The average Bonchev–Trinajstić information content (AvgIpc) is 2.65. The summed E-state index contributed by atoms with van der Waals surface area (Å²) >= 11 is 0. The summed E-state index contributed by atoms with van der Waals surface area (Å²) in [4.78, 5) is 20.1. The summed E-state index contributed by atoms with van der Waals surface area (Å²) in [6.07, 6.45) is 4.50. The van der Waals surface area contributed by atoms with Crippen molar-refractivity contribution in [3.63, 3.8) is 0 Å². The van der Waals surface area contributed by atoms with Crippen molar-refractivity contribution in [2.24, 2.45) is 7.05 Å². The third kappa shape index (κ3) is 2.59. The summed E-state index contributed by atoms with van der Waals surface area (Å²) in [7, 11) is 1.90. The lowest BCUT2D eigenvalue weighted by Gasteiger charge is -2.05. The van der Waals surface area contributed by atoms with Crippen LogP contribution < -0.4 is 0 Å². The molecule has 19 heavy (non-hydrogen) atoms. The van der Waals surface area contributed by atoms with Crippen molar-refractivity contribution in [1.29, 1.82) is 0 Å². The normalized spacial score (nSPS) is 11.1. The predicted octanol–water partition coefficient (Wildman–Crippen LogP) is 2.11.